The van der Waals surface area contributed by atoms with Crippen molar-refractivity contribution < 1.29 is 0 Å². The fourth-order valence-electron chi connectivity index (χ4n) is 10.7. The standard InChI is InChI=1S/C48H34N2/c1-28-31(30-20-22-34-33-21-19-29(27-49)25-41(33)47(2,3)42(34)26-30)23-24-36-32-11-4-6-14-38(32)48(45(28)36)39-15-7-9-18-44(39)50-43-17-8-5-12-35(43)37-13-10-16-40(48)46(37)50/h4-26,28,45H,1-3H3. The molecule has 0 amide bonds. The first-order valence-corrected chi connectivity index (χ1v) is 17.8. The molecule has 1 aliphatic heterocycles. The molecule has 1 aromatic heterocycles. The Morgan fingerprint density at radius 2 is 1.28 bits per heavy atom. The Kier molecular flexibility index (Phi) is 5.26. The van der Waals surface area contributed by atoms with E-state index in [9.17, 15) is 5.26 Å². The number of nitriles is 1. The van der Waals surface area contributed by atoms with Crippen LogP contribution in [0.2, 0.25) is 0 Å². The lowest BCUT2D eigenvalue weighted by Crippen LogP contribution is -2.41. The minimum atomic E-state index is -0.359. The van der Waals surface area contributed by atoms with Gasteiger partial charge in [-0.1, -0.05) is 130 Å². The molecule has 0 N–H and O–H groups in total. The molecule has 2 heterocycles. The maximum Gasteiger partial charge on any atom is 0.0991 e. The third kappa shape index (κ3) is 3.15. The van der Waals surface area contributed by atoms with Gasteiger partial charge in [-0.3, -0.25) is 0 Å². The summed E-state index contributed by atoms with van der Waals surface area (Å²) in [5, 5.41) is 12.3. The van der Waals surface area contributed by atoms with E-state index in [1.54, 1.807) is 0 Å². The van der Waals surface area contributed by atoms with Gasteiger partial charge in [-0.25, -0.2) is 0 Å². The molecule has 1 spiro atoms. The van der Waals surface area contributed by atoms with Crippen LogP contribution in [0.15, 0.2) is 140 Å². The number of hydrogen-bond acceptors (Lipinski definition) is 1. The Balaban J connectivity index is 1.16. The molecular formula is C48H34N2. The summed E-state index contributed by atoms with van der Waals surface area (Å²) < 4.78 is 2.53. The van der Waals surface area contributed by atoms with Crippen molar-refractivity contribution in [3.8, 4) is 22.9 Å². The van der Waals surface area contributed by atoms with Gasteiger partial charge in [-0.05, 0) is 97.5 Å². The van der Waals surface area contributed by atoms with Crippen LogP contribution in [0.4, 0.5) is 0 Å². The van der Waals surface area contributed by atoms with Crippen molar-refractivity contribution in [3.05, 3.63) is 184 Å². The molecule has 4 aliphatic rings. The van der Waals surface area contributed by atoms with Crippen LogP contribution in [0.1, 0.15) is 65.3 Å². The molecule has 7 aromatic rings. The van der Waals surface area contributed by atoms with Gasteiger partial charge in [0.15, 0.2) is 0 Å². The average Bonchev–Trinajstić information content (AvgIpc) is 3.73. The number of nitrogens with zero attached hydrogens (tertiary/aromatic N) is 2. The Morgan fingerprint density at radius 3 is 2.14 bits per heavy atom. The average molecular weight is 639 g/mol. The van der Waals surface area contributed by atoms with Crippen molar-refractivity contribution in [2.24, 2.45) is 11.8 Å². The fourth-order valence-corrected chi connectivity index (χ4v) is 10.7. The third-order valence-electron chi connectivity index (χ3n) is 12.7. The van der Waals surface area contributed by atoms with Gasteiger partial charge in [-0.2, -0.15) is 5.26 Å². The summed E-state index contributed by atoms with van der Waals surface area (Å²) in [5.74, 6) is 0.437. The molecule has 0 bridgehead atoms. The minimum absolute atomic E-state index is 0.191. The van der Waals surface area contributed by atoms with Crippen molar-refractivity contribution >= 4 is 33.0 Å². The van der Waals surface area contributed by atoms with E-state index in [1.807, 2.05) is 6.07 Å². The number of aromatic nitrogens is 1. The van der Waals surface area contributed by atoms with Gasteiger partial charge in [-0.15, -0.1) is 0 Å². The first-order chi connectivity index (χ1) is 24.4. The predicted molar refractivity (Wildman–Crippen MR) is 204 cm³/mol. The van der Waals surface area contributed by atoms with Crippen LogP contribution in [0.5, 0.6) is 0 Å². The SMILES string of the molecule is CC1C(c2ccc3c(c2)C(C)(C)c2cc(C#N)ccc2-3)=CC=C2c3ccccc3C3(c4ccccc4-n4c5ccccc5c5cccc3c54)C21. The molecular weight excluding hydrogens is 605 g/mol. The largest absolute Gasteiger partial charge is 0.309 e. The molecule has 0 saturated heterocycles. The molecule has 3 unspecified atom stereocenters. The van der Waals surface area contributed by atoms with Crippen molar-refractivity contribution in [2.75, 3.05) is 0 Å². The summed E-state index contributed by atoms with van der Waals surface area (Å²) in [6.07, 6.45) is 4.84. The first kappa shape index (κ1) is 28.0. The van der Waals surface area contributed by atoms with E-state index in [-0.39, 0.29) is 22.7 Å². The van der Waals surface area contributed by atoms with Gasteiger partial charge >= 0.3 is 0 Å². The maximum atomic E-state index is 9.68. The van der Waals surface area contributed by atoms with Gasteiger partial charge < -0.3 is 4.57 Å². The second-order valence-corrected chi connectivity index (χ2v) is 15.2. The quantitative estimate of drug-likeness (QED) is 0.176. The van der Waals surface area contributed by atoms with Crippen molar-refractivity contribution in [2.45, 2.75) is 31.6 Å². The van der Waals surface area contributed by atoms with E-state index in [4.69, 9.17) is 0 Å². The summed E-state index contributed by atoms with van der Waals surface area (Å²) in [4.78, 5) is 0. The molecule has 3 atom stereocenters. The van der Waals surface area contributed by atoms with Crippen LogP contribution in [0, 0.1) is 23.2 Å². The second kappa shape index (κ2) is 9.41. The summed E-state index contributed by atoms with van der Waals surface area (Å²) in [6.45, 7) is 7.08. The molecule has 0 radical (unpaired) electrons. The normalized spacial score (nSPS) is 21.6. The molecule has 236 valence electrons. The number of benzene rings is 6. The fraction of sp³-hybridized carbons (Fsp3) is 0.146. The zero-order valence-electron chi connectivity index (χ0n) is 28.3. The Labute approximate surface area is 292 Å². The summed E-state index contributed by atoms with van der Waals surface area (Å²) in [7, 11) is 0. The molecule has 3 aliphatic carbocycles. The van der Waals surface area contributed by atoms with Crippen molar-refractivity contribution in [1.82, 2.24) is 4.57 Å². The number of fused-ring (bicyclic) bond motifs is 15. The summed E-state index contributed by atoms with van der Waals surface area (Å²) >= 11 is 0. The Bertz CT molecular complexity index is 2780. The van der Waals surface area contributed by atoms with E-state index >= 15 is 0 Å². The van der Waals surface area contributed by atoms with Gasteiger partial charge in [0, 0.05) is 22.1 Å². The monoisotopic (exact) mass is 638 g/mol. The third-order valence-corrected chi connectivity index (χ3v) is 12.7. The van der Waals surface area contributed by atoms with Gasteiger partial charge in [0.2, 0.25) is 0 Å². The molecule has 50 heavy (non-hydrogen) atoms. The lowest BCUT2D eigenvalue weighted by molar-refractivity contribution is 0.405. The zero-order chi connectivity index (χ0) is 33.5. The van der Waals surface area contributed by atoms with E-state index in [2.05, 4.69) is 165 Å². The molecule has 11 rings (SSSR count). The van der Waals surface area contributed by atoms with E-state index in [0.717, 1.165) is 5.56 Å². The summed E-state index contributed by atoms with van der Waals surface area (Å²) in [5.41, 5.74) is 18.8. The van der Waals surface area contributed by atoms with Crippen molar-refractivity contribution in [3.63, 3.8) is 0 Å². The number of hydrogen-bond donors (Lipinski definition) is 0. The molecule has 2 heteroatoms. The van der Waals surface area contributed by atoms with Gasteiger partial charge in [0.25, 0.3) is 0 Å². The molecule has 0 fully saturated rings. The number of rotatable bonds is 1. The highest BCUT2D eigenvalue weighted by atomic mass is 15.0. The highest BCUT2D eigenvalue weighted by Crippen LogP contribution is 2.66. The van der Waals surface area contributed by atoms with E-state index < -0.39 is 0 Å². The zero-order valence-corrected chi connectivity index (χ0v) is 28.3. The lowest BCUT2D eigenvalue weighted by atomic mass is 9.57. The topological polar surface area (TPSA) is 28.7 Å². The van der Waals surface area contributed by atoms with Crippen LogP contribution in [0.3, 0.4) is 0 Å². The Morgan fingerprint density at radius 1 is 0.600 bits per heavy atom. The van der Waals surface area contributed by atoms with Crippen LogP contribution in [-0.4, -0.2) is 4.57 Å². The van der Waals surface area contributed by atoms with E-state index in [0.29, 0.717) is 0 Å². The lowest BCUT2D eigenvalue weighted by Gasteiger charge is -2.46. The van der Waals surface area contributed by atoms with Gasteiger partial charge in [0.05, 0.1) is 33.8 Å². The van der Waals surface area contributed by atoms with Crippen molar-refractivity contribution in [1.29, 1.82) is 5.26 Å². The summed E-state index contributed by atoms with van der Waals surface area (Å²) in [6, 6.07) is 50.0. The second-order valence-electron chi connectivity index (χ2n) is 15.2. The van der Waals surface area contributed by atoms with Crippen LogP contribution < -0.4 is 0 Å². The van der Waals surface area contributed by atoms with Crippen LogP contribution >= 0.6 is 0 Å². The minimum Gasteiger partial charge on any atom is -0.309 e. The Hall–Kier alpha value is -5.91. The highest BCUT2D eigenvalue weighted by Gasteiger charge is 2.58. The number of allylic oxidation sites excluding steroid dienone is 4. The molecule has 6 aromatic carbocycles. The van der Waals surface area contributed by atoms with E-state index in [1.165, 1.54) is 88.7 Å². The van der Waals surface area contributed by atoms with Crippen LogP contribution in [-0.2, 0) is 10.8 Å². The number of para-hydroxylation sites is 3. The molecule has 2 nitrogen and oxygen atoms in total. The smallest absolute Gasteiger partial charge is 0.0991 e. The first-order valence-electron chi connectivity index (χ1n) is 17.8. The van der Waals surface area contributed by atoms with Crippen LogP contribution in [0.25, 0.3) is 49.8 Å². The molecule has 0 saturated carbocycles. The van der Waals surface area contributed by atoms with Gasteiger partial charge in [0.1, 0.15) is 0 Å². The predicted octanol–water partition coefficient (Wildman–Crippen LogP) is 11.4. The maximum absolute atomic E-state index is 9.68. The highest BCUT2D eigenvalue weighted by molar-refractivity contribution is 6.12.